The maximum absolute atomic E-state index is 12.0. The van der Waals surface area contributed by atoms with Gasteiger partial charge in [-0.3, -0.25) is 0 Å². The lowest BCUT2D eigenvalue weighted by molar-refractivity contribution is 0.571. The Morgan fingerprint density at radius 1 is 1.44 bits per heavy atom. The first-order valence-electron chi connectivity index (χ1n) is 5.28. The molecule has 3 N–H and O–H groups in total. The van der Waals surface area contributed by atoms with Crippen molar-refractivity contribution in [2.45, 2.75) is 17.9 Å². The molecule has 0 aliphatic heterocycles. The Morgan fingerprint density at radius 2 is 2.00 bits per heavy atom. The van der Waals surface area contributed by atoms with E-state index in [0.717, 1.165) is 5.75 Å². The van der Waals surface area contributed by atoms with Gasteiger partial charge >= 0.3 is 0 Å². The minimum Gasteiger partial charge on any atom is -0.389 e. The largest absolute Gasteiger partial charge is 0.389 e. The lowest BCUT2D eigenvalue weighted by Crippen LogP contribution is -2.34. The van der Waals surface area contributed by atoms with E-state index in [0.29, 0.717) is 5.56 Å². The normalized spacial score (nSPS) is 13.2. The average Bonchev–Trinajstić information content (AvgIpc) is 2.28. The molecule has 1 unspecified atom stereocenters. The molecule has 0 heterocycles. The first-order valence-corrected chi connectivity index (χ1v) is 8.56. The number of hydrogen-bond donors (Lipinski definition) is 2. The van der Waals surface area contributed by atoms with Crippen molar-refractivity contribution in [3.05, 3.63) is 29.8 Å². The number of sulfonamides is 1. The molecule has 1 aromatic rings. The van der Waals surface area contributed by atoms with Crippen LogP contribution in [-0.2, 0) is 10.0 Å². The fourth-order valence-electron chi connectivity index (χ4n) is 1.42. The van der Waals surface area contributed by atoms with Crippen molar-refractivity contribution < 1.29 is 8.42 Å². The van der Waals surface area contributed by atoms with Crippen LogP contribution in [0, 0.1) is 0 Å². The van der Waals surface area contributed by atoms with Gasteiger partial charge in [0.25, 0.3) is 0 Å². The Morgan fingerprint density at radius 3 is 2.44 bits per heavy atom. The van der Waals surface area contributed by atoms with E-state index in [9.17, 15) is 8.42 Å². The second-order valence-electron chi connectivity index (χ2n) is 3.87. The lowest BCUT2D eigenvalue weighted by Gasteiger charge is -2.13. The summed E-state index contributed by atoms with van der Waals surface area (Å²) in [5.41, 5.74) is 6.11. The topological polar surface area (TPSA) is 72.2 Å². The van der Waals surface area contributed by atoms with Gasteiger partial charge in [0.15, 0.2) is 0 Å². The van der Waals surface area contributed by atoms with E-state index in [2.05, 4.69) is 4.72 Å². The zero-order chi connectivity index (χ0) is 13.8. The first-order chi connectivity index (χ1) is 8.36. The van der Waals surface area contributed by atoms with Gasteiger partial charge < -0.3 is 5.73 Å². The minimum absolute atomic E-state index is 0.111. The van der Waals surface area contributed by atoms with E-state index in [-0.39, 0.29) is 15.9 Å². The Labute approximate surface area is 117 Å². The van der Waals surface area contributed by atoms with Gasteiger partial charge in [0, 0.05) is 17.4 Å². The molecule has 0 saturated carbocycles. The molecule has 0 fully saturated rings. The molecule has 100 valence electrons. The van der Waals surface area contributed by atoms with Crippen molar-refractivity contribution in [3.8, 4) is 0 Å². The van der Waals surface area contributed by atoms with Gasteiger partial charge in [-0.25, -0.2) is 13.1 Å². The van der Waals surface area contributed by atoms with E-state index in [1.54, 1.807) is 23.9 Å². The maximum atomic E-state index is 12.0. The van der Waals surface area contributed by atoms with Gasteiger partial charge in [-0.15, -0.1) is 0 Å². The van der Waals surface area contributed by atoms with Crippen LogP contribution in [0.1, 0.15) is 12.5 Å². The maximum Gasteiger partial charge on any atom is 0.240 e. The highest BCUT2D eigenvalue weighted by molar-refractivity contribution is 7.98. The smallest absolute Gasteiger partial charge is 0.240 e. The van der Waals surface area contributed by atoms with Crippen LogP contribution in [0.15, 0.2) is 29.2 Å². The highest BCUT2D eigenvalue weighted by atomic mass is 32.2. The lowest BCUT2D eigenvalue weighted by atomic mass is 10.2. The highest BCUT2D eigenvalue weighted by Crippen LogP contribution is 2.11. The number of thiocarbonyl (C=S) groups is 1. The number of thioether (sulfide) groups is 1. The van der Waals surface area contributed by atoms with Crippen LogP contribution < -0.4 is 10.5 Å². The van der Waals surface area contributed by atoms with Crippen LogP contribution in [-0.4, -0.2) is 31.5 Å². The fraction of sp³-hybridized carbons (Fsp3) is 0.364. The second-order valence-corrected chi connectivity index (χ2v) is 6.93. The van der Waals surface area contributed by atoms with Crippen LogP contribution in [0.4, 0.5) is 0 Å². The molecule has 0 aromatic heterocycles. The summed E-state index contributed by atoms with van der Waals surface area (Å²) in [6, 6.07) is 6.11. The molecule has 18 heavy (non-hydrogen) atoms. The predicted molar refractivity (Wildman–Crippen MR) is 80.5 cm³/mol. The molecule has 0 bridgehead atoms. The van der Waals surface area contributed by atoms with Gasteiger partial charge in [-0.2, -0.15) is 11.8 Å². The Bertz CT molecular complexity index is 512. The second kappa shape index (κ2) is 6.51. The summed E-state index contributed by atoms with van der Waals surface area (Å²) in [5, 5.41) is 0. The van der Waals surface area contributed by atoms with E-state index in [1.165, 1.54) is 12.1 Å². The fourth-order valence-corrected chi connectivity index (χ4v) is 3.48. The van der Waals surface area contributed by atoms with Crippen LogP contribution in [0.3, 0.4) is 0 Å². The summed E-state index contributed by atoms with van der Waals surface area (Å²) >= 11 is 6.40. The quantitative estimate of drug-likeness (QED) is 0.776. The van der Waals surface area contributed by atoms with Gasteiger partial charge in [0.2, 0.25) is 10.0 Å². The summed E-state index contributed by atoms with van der Waals surface area (Å²) in [6.45, 7) is 1.83. The Hall–Kier alpha value is -0.630. The standard InChI is InChI=1S/C11H16N2O2S3/c1-8(7-17-2)13-18(14,15)10-5-3-9(4-6-10)11(12)16/h3-6,8,13H,7H2,1-2H3,(H2,12,16). The van der Waals surface area contributed by atoms with Crippen LogP contribution >= 0.6 is 24.0 Å². The molecule has 0 spiro atoms. The molecular weight excluding hydrogens is 288 g/mol. The summed E-state index contributed by atoms with van der Waals surface area (Å²) in [4.78, 5) is 0.470. The molecule has 0 amide bonds. The third-order valence-corrected chi connectivity index (χ3v) is 4.90. The summed E-state index contributed by atoms with van der Waals surface area (Å²) in [7, 11) is -3.47. The summed E-state index contributed by atoms with van der Waals surface area (Å²) in [5.74, 6) is 0.726. The molecule has 4 nitrogen and oxygen atoms in total. The monoisotopic (exact) mass is 304 g/mol. The Balaban J connectivity index is 2.88. The Kier molecular flexibility index (Phi) is 5.58. The number of hydrogen-bond acceptors (Lipinski definition) is 4. The van der Waals surface area contributed by atoms with Gasteiger partial charge in [-0.1, -0.05) is 24.4 Å². The minimum atomic E-state index is -3.47. The third kappa shape index (κ3) is 4.24. The van der Waals surface area contributed by atoms with Crippen molar-refractivity contribution in [1.82, 2.24) is 4.72 Å². The zero-order valence-electron chi connectivity index (χ0n) is 10.2. The number of rotatable bonds is 6. The number of nitrogens with one attached hydrogen (secondary N) is 1. The molecule has 1 aromatic carbocycles. The van der Waals surface area contributed by atoms with E-state index in [1.807, 2.05) is 13.2 Å². The molecule has 7 heteroatoms. The van der Waals surface area contributed by atoms with Crippen molar-refractivity contribution in [2.24, 2.45) is 5.73 Å². The molecule has 1 atom stereocenters. The van der Waals surface area contributed by atoms with Crippen LogP contribution in [0.5, 0.6) is 0 Å². The molecule has 0 radical (unpaired) electrons. The third-order valence-electron chi connectivity index (χ3n) is 2.22. The van der Waals surface area contributed by atoms with E-state index < -0.39 is 10.0 Å². The number of benzene rings is 1. The van der Waals surface area contributed by atoms with E-state index in [4.69, 9.17) is 18.0 Å². The molecule has 1 rings (SSSR count). The zero-order valence-corrected chi connectivity index (χ0v) is 12.7. The van der Waals surface area contributed by atoms with Crippen LogP contribution in [0.25, 0.3) is 0 Å². The summed E-state index contributed by atoms with van der Waals surface area (Å²) < 4.78 is 26.6. The van der Waals surface area contributed by atoms with E-state index >= 15 is 0 Å². The highest BCUT2D eigenvalue weighted by Gasteiger charge is 2.16. The SMILES string of the molecule is CSCC(C)NS(=O)(=O)c1ccc(C(N)=S)cc1. The van der Waals surface area contributed by atoms with Crippen molar-refractivity contribution in [2.75, 3.05) is 12.0 Å². The molecular formula is C11H16N2O2S3. The molecule has 0 saturated heterocycles. The van der Waals surface area contributed by atoms with Crippen molar-refractivity contribution in [3.63, 3.8) is 0 Å². The predicted octanol–water partition coefficient (Wildman–Crippen LogP) is 1.35. The van der Waals surface area contributed by atoms with Crippen LogP contribution in [0.2, 0.25) is 0 Å². The first kappa shape index (κ1) is 15.4. The van der Waals surface area contributed by atoms with Gasteiger partial charge in [-0.05, 0) is 25.3 Å². The number of nitrogens with two attached hydrogens (primary N) is 1. The van der Waals surface area contributed by atoms with Crippen molar-refractivity contribution >= 4 is 39.0 Å². The van der Waals surface area contributed by atoms with Gasteiger partial charge in [0.05, 0.1) is 4.90 Å². The molecule has 0 aliphatic carbocycles. The average molecular weight is 304 g/mol. The summed E-state index contributed by atoms with van der Waals surface area (Å²) in [6.07, 6.45) is 1.93. The van der Waals surface area contributed by atoms with Crippen molar-refractivity contribution in [1.29, 1.82) is 0 Å². The van der Waals surface area contributed by atoms with Gasteiger partial charge in [0.1, 0.15) is 4.99 Å². The molecule has 0 aliphatic rings.